The number of aromatic amines is 1. The first kappa shape index (κ1) is 36.5. The molecule has 2 saturated heterocycles. The molecule has 10 rings (SSSR count). The van der Waals surface area contributed by atoms with Gasteiger partial charge >= 0.3 is 5.76 Å². The third kappa shape index (κ3) is 5.92. The second-order valence-corrected chi connectivity index (χ2v) is 16.7. The summed E-state index contributed by atoms with van der Waals surface area (Å²) in [5.74, 6) is 0.449. The number of nitrogens with one attached hydrogen (secondary N) is 1. The van der Waals surface area contributed by atoms with Crippen molar-refractivity contribution in [2.24, 2.45) is 5.92 Å². The van der Waals surface area contributed by atoms with Crippen molar-refractivity contribution in [1.29, 1.82) is 0 Å². The molecular formula is C45H46FN7O5. The summed E-state index contributed by atoms with van der Waals surface area (Å²) in [4.78, 5) is 54.0. The number of fused-ring (bicyclic) bond motifs is 2. The Bertz CT molecular complexity index is 2690. The van der Waals surface area contributed by atoms with Gasteiger partial charge in [-0.2, -0.15) is 0 Å². The summed E-state index contributed by atoms with van der Waals surface area (Å²) in [5.41, 5.74) is 5.43. The lowest BCUT2D eigenvalue weighted by molar-refractivity contribution is 0.0717. The fourth-order valence-electron chi connectivity index (χ4n) is 9.93. The molecule has 0 bridgehead atoms. The lowest BCUT2D eigenvalue weighted by Gasteiger charge is -2.31. The summed E-state index contributed by atoms with van der Waals surface area (Å²) in [6.45, 7) is 8.76. The Labute approximate surface area is 334 Å². The molecule has 0 radical (unpaired) electrons. The Kier molecular flexibility index (Phi) is 8.77. The number of halogens is 1. The number of rotatable bonds is 7. The number of nitrogens with zero attached hydrogens (tertiary/aromatic N) is 6. The number of amides is 1. The van der Waals surface area contributed by atoms with E-state index in [1.165, 1.54) is 11.1 Å². The average molecular weight is 784 g/mol. The highest BCUT2D eigenvalue weighted by Gasteiger charge is 2.59. The van der Waals surface area contributed by atoms with Crippen LogP contribution in [0.15, 0.2) is 80.8 Å². The number of carbonyl (C=O) groups excluding carboxylic acids is 1. The van der Waals surface area contributed by atoms with E-state index in [0.29, 0.717) is 83.9 Å². The largest absolute Gasteiger partial charge is 0.438 e. The minimum absolute atomic E-state index is 0.0641. The number of benzene rings is 3. The first-order valence-electron chi connectivity index (χ1n) is 20.4. The molecule has 58 heavy (non-hydrogen) atoms. The molecule has 3 aromatic carbocycles. The van der Waals surface area contributed by atoms with E-state index in [4.69, 9.17) is 14.2 Å². The number of hydrogen-bond donors (Lipinski definition) is 1. The second-order valence-electron chi connectivity index (χ2n) is 16.7. The van der Waals surface area contributed by atoms with Crippen molar-refractivity contribution >= 4 is 22.8 Å². The molecule has 12 nitrogen and oxygen atoms in total. The van der Waals surface area contributed by atoms with Gasteiger partial charge in [0.1, 0.15) is 17.1 Å². The minimum atomic E-state index is -0.775. The molecule has 3 aromatic heterocycles. The van der Waals surface area contributed by atoms with E-state index >= 15 is 4.79 Å². The topological polar surface area (TPSA) is 131 Å². The van der Waals surface area contributed by atoms with Gasteiger partial charge in [-0.15, -0.1) is 0 Å². The van der Waals surface area contributed by atoms with Gasteiger partial charge in [0.25, 0.3) is 11.5 Å². The third-order valence-corrected chi connectivity index (χ3v) is 13.2. The summed E-state index contributed by atoms with van der Waals surface area (Å²) in [7, 11) is 0. The molecule has 3 fully saturated rings. The van der Waals surface area contributed by atoms with E-state index in [9.17, 15) is 14.0 Å². The smallest absolute Gasteiger partial charge is 0.381 e. The molecule has 0 spiro atoms. The summed E-state index contributed by atoms with van der Waals surface area (Å²) in [6, 6.07) is 22.2. The lowest BCUT2D eigenvalue weighted by atomic mass is 9.91. The molecule has 6 heterocycles. The second kappa shape index (κ2) is 13.9. The molecule has 298 valence electrons. The van der Waals surface area contributed by atoms with Gasteiger partial charge in [0.2, 0.25) is 5.95 Å². The fourth-order valence-corrected chi connectivity index (χ4v) is 9.93. The van der Waals surface area contributed by atoms with Gasteiger partial charge in [-0.05, 0) is 110 Å². The van der Waals surface area contributed by atoms with Crippen molar-refractivity contribution in [1.82, 2.24) is 29.2 Å². The Hall–Kier alpha value is -5.82. The van der Waals surface area contributed by atoms with Crippen LogP contribution in [0.4, 0.5) is 10.3 Å². The molecule has 1 amide bonds. The van der Waals surface area contributed by atoms with Crippen LogP contribution in [0.2, 0.25) is 0 Å². The van der Waals surface area contributed by atoms with Crippen molar-refractivity contribution in [3.8, 4) is 5.69 Å². The van der Waals surface area contributed by atoms with E-state index in [1.807, 2.05) is 24.3 Å². The number of aromatic nitrogens is 5. The highest BCUT2D eigenvalue weighted by molar-refractivity contribution is 5.99. The van der Waals surface area contributed by atoms with E-state index in [1.54, 1.807) is 35.4 Å². The summed E-state index contributed by atoms with van der Waals surface area (Å²) in [6.07, 6.45) is 3.74. The Morgan fingerprint density at radius 2 is 1.69 bits per heavy atom. The zero-order chi connectivity index (χ0) is 39.9. The van der Waals surface area contributed by atoms with Crippen LogP contribution >= 0.6 is 0 Å². The standard InChI is InChI=1S/C45H46FN7O5/c1-26-19-34(20-27(2)39(26)46)52-40(54)35-12-16-50(25-36(35)47-43(52)51-15-11-32(24-51)29-7-5-4-6-8-29)41(55)38-22-33-21-31(30-13-17-57-18-14-30)9-10-37(33)53(38)45(23-28(45)3)42-48-44(56)58-49-42/h4-10,19-22,28,30,32H,11-18,23-25H2,1-3H3,(H,48,49,56)/t28-,32+,45-/m0/s1. The first-order chi connectivity index (χ1) is 28.1. The molecule has 6 aromatic rings. The highest BCUT2D eigenvalue weighted by Crippen LogP contribution is 2.56. The molecule has 1 N–H and O–H groups in total. The zero-order valence-corrected chi connectivity index (χ0v) is 33.0. The molecule has 3 aliphatic heterocycles. The number of carbonyl (C=O) groups is 1. The first-order valence-corrected chi connectivity index (χ1v) is 20.4. The summed E-state index contributed by atoms with van der Waals surface area (Å²) in [5, 5.41) is 5.09. The lowest BCUT2D eigenvalue weighted by Crippen LogP contribution is -2.43. The van der Waals surface area contributed by atoms with E-state index < -0.39 is 11.3 Å². The predicted molar refractivity (Wildman–Crippen MR) is 216 cm³/mol. The molecular weight excluding hydrogens is 738 g/mol. The Balaban J connectivity index is 1.06. The molecule has 0 unspecified atom stereocenters. The number of ether oxygens (including phenoxy) is 1. The van der Waals surface area contributed by atoms with Crippen molar-refractivity contribution in [3.63, 3.8) is 0 Å². The van der Waals surface area contributed by atoms with E-state index in [0.717, 1.165) is 43.4 Å². The number of hydrogen-bond acceptors (Lipinski definition) is 8. The van der Waals surface area contributed by atoms with Gasteiger partial charge in [0.05, 0.1) is 17.9 Å². The Morgan fingerprint density at radius 3 is 2.40 bits per heavy atom. The predicted octanol–water partition coefficient (Wildman–Crippen LogP) is 6.49. The molecule has 4 aliphatic rings. The maximum atomic E-state index is 15.0. The van der Waals surface area contributed by atoms with Crippen LogP contribution < -0.4 is 16.2 Å². The molecule has 3 atom stereocenters. The van der Waals surface area contributed by atoms with Crippen molar-refractivity contribution in [3.05, 3.63) is 138 Å². The van der Waals surface area contributed by atoms with Crippen molar-refractivity contribution < 1.29 is 18.4 Å². The van der Waals surface area contributed by atoms with Crippen LogP contribution in [-0.4, -0.2) is 67.9 Å². The van der Waals surface area contributed by atoms with Gasteiger partial charge in [0.15, 0.2) is 5.82 Å². The van der Waals surface area contributed by atoms with Crippen LogP contribution in [0.3, 0.4) is 0 Å². The quantitative estimate of drug-likeness (QED) is 0.195. The fraction of sp³-hybridized carbons (Fsp3) is 0.400. The summed E-state index contributed by atoms with van der Waals surface area (Å²) < 4.78 is 29.3. The number of aryl methyl sites for hydroxylation is 2. The maximum Gasteiger partial charge on any atom is 0.438 e. The summed E-state index contributed by atoms with van der Waals surface area (Å²) >= 11 is 0. The van der Waals surface area contributed by atoms with Gasteiger partial charge in [-0.3, -0.25) is 19.1 Å². The van der Waals surface area contributed by atoms with Crippen molar-refractivity contribution in [2.75, 3.05) is 37.7 Å². The number of anilines is 1. The van der Waals surface area contributed by atoms with Crippen LogP contribution in [0.25, 0.3) is 16.6 Å². The number of H-pyrrole nitrogens is 1. The monoisotopic (exact) mass is 783 g/mol. The van der Waals surface area contributed by atoms with Crippen LogP contribution in [0.5, 0.6) is 0 Å². The van der Waals surface area contributed by atoms with Gasteiger partial charge < -0.3 is 19.1 Å². The molecule has 1 saturated carbocycles. The van der Waals surface area contributed by atoms with E-state index in [2.05, 4.69) is 56.9 Å². The SMILES string of the molecule is Cc1cc(-n2c(N3CC[C@@H](c4ccccc4)C3)nc3c(c2=O)CCN(C(=O)c2cc4cc(C5CCOCC5)ccc4n2[C@@]2(c4noc(=O)[nH]4)C[C@@H]2C)C3)cc(C)c1F. The molecule has 1 aliphatic carbocycles. The van der Waals surface area contributed by atoms with Crippen LogP contribution in [0, 0.1) is 25.6 Å². The normalized spacial score (nSPS) is 22.1. The van der Waals surface area contributed by atoms with Crippen LogP contribution in [-0.2, 0) is 23.2 Å². The van der Waals surface area contributed by atoms with Crippen molar-refractivity contribution in [2.45, 2.75) is 76.8 Å². The van der Waals surface area contributed by atoms with Crippen LogP contribution in [0.1, 0.15) is 94.3 Å². The third-order valence-electron chi connectivity index (χ3n) is 13.2. The van der Waals surface area contributed by atoms with Gasteiger partial charge in [-0.25, -0.2) is 18.7 Å². The highest BCUT2D eigenvalue weighted by atomic mass is 19.1. The van der Waals surface area contributed by atoms with Gasteiger partial charge in [-0.1, -0.05) is 48.5 Å². The minimum Gasteiger partial charge on any atom is -0.381 e. The zero-order valence-electron chi connectivity index (χ0n) is 33.0. The Morgan fingerprint density at radius 1 is 0.931 bits per heavy atom. The maximum absolute atomic E-state index is 15.0. The molecule has 13 heteroatoms. The average Bonchev–Trinajstić information content (AvgIpc) is 3.66. The van der Waals surface area contributed by atoms with E-state index in [-0.39, 0.29) is 35.7 Å². The van der Waals surface area contributed by atoms with Gasteiger partial charge in [0, 0.05) is 55.2 Å².